The zero-order valence-corrected chi connectivity index (χ0v) is 63.3. The number of amides is 4. The Morgan fingerprint density at radius 1 is 0.594 bits per heavy atom. The van der Waals surface area contributed by atoms with Gasteiger partial charge in [0.1, 0.15) is 71.7 Å². The zero-order chi connectivity index (χ0) is 71.4. The van der Waals surface area contributed by atoms with E-state index in [0.717, 1.165) is 35.1 Å². The predicted molar refractivity (Wildman–Crippen MR) is 366 cm³/mol. The van der Waals surface area contributed by atoms with Gasteiger partial charge in [0.25, 0.3) is 0 Å². The van der Waals surface area contributed by atoms with E-state index in [4.69, 9.17) is 37.5 Å². The third-order valence-electron chi connectivity index (χ3n) is 13.8. The number of aldehydes is 1. The van der Waals surface area contributed by atoms with Gasteiger partial charge in [-0.15, -0.1) is 0 Å². The standard InChI is InChI=1S/C31H40N2O6.C17H22NO4.C16H24NO6P.C8H19N.BrH.Li/c1-29(2,3)38-27(35)32-23-16-14-21(15-17-23)20-24(34)18-19-25-26(22-12-10-9-11-13-22)37-31(7,8)33(25)28(36)39-30(4,5)6;1-16(2,3)22-15(20)18-13(11-19)14(21-17(18,4)5)12-9-7-6-8-10-12;1-16(2,3)23-15(19)17-13-8-6-12(7-9-13)10-14(18)11-24(20,21-4)22-5;1-6-9(7(2)3)8(4)5;;/h9-19,25-26H,20H2,1-8H3,(H,32,35);6-11,13-14H,1H2,2-5H3;6-9H,10-11H2,1-5H3,(H,17,19);7-8H,6H2,1-5H3;1H;/q;+1;;;;+1/p-1/b19-18+;;;;;/t25-,26-;13-,14-;;;;/m11..../s1. The second-order valence-electron chi connectivity index (χ2n) is 27.8. The topological polar surface area (TPSA) is 244 Å². The van der Waals surface area contributed by atoms with Crippen molar-refractivity contribution in [2.75, 3.05) is 37.6 Å². The molecule has 0 bridgehead atoms. The summed E-state index contributed by atoms with van der Waals surface area (Å²) in [5.74, 6) is -0.390. The third-order valence-corrected chi connectivity index (χ3v) is 15.7. The normalized spacial score (nSPS) is 17.4. The first-order valence-corrected chi connectivity index (χ1v) is 33.3. The van der Waals surface area contributed by atoms with E-state index in [0.29, 0.717) is 23.5 Å². The van der Waals surface area contributed by atoms with E-state index in [9.17, 15) is 38.1 Å². The van der Waals surface area contributed by atoms with Gasteiger partial charge in [-0.25, -0.2) is 19.2 Å². The quantitative estimate of drug-likeness (QED) is 0.0221. The van der Waals surface area contributed by atoms with Crippen molar-refractivity contribution in [3.05, 3.63) is 151 Å². The van der Waals surface area contributed by atoms with Gasteiger partial charge in [0.15, 0.2) is 5.78 Å². The van der Waals surface area contributed by atoms with Gasteiger partial charge >= 0.3 is 50.8 Å². The minimum absolute atomic E-state index is 0. The number of anilines is 2. The Morgan fingerprint density at radius 2 is 0.958 bits per heavy atom. The van der Waals surface area contributed by atoms with Crippen LogP contribution in [-0.2, 0) is 69.3 Å². The van der Waals surface area contributed by atoms with Crippen LogP contribution in [0, 0.1) is 6.92 Å². The molecule has 4 aromatic carbocycles. The van der Waals surface area contributed by atoms with Gasteiger partial charge in [-0.1, -0.05) is 97.9 Å². The summed E-state index contributed by atoms with van der Waals surface area (Å²) in [4.78, 5) is 91.2. The molecule has 2 aliphatic heterocycles. The molecule has 21 nitrogen and oxygen atoms in total. The van der Waals surface area contributed by atoms with E-state index in [1.807, 2.05) is 95.3 Å². The molecule has 6 rings (SSSR count). The number of nitrogens with one attached hydrogen (secondary N) is 2. The molecule has 24 heteroatoms. The summed E-state index contributed by atoms with van der Waals surface area (Å²) in [6, 6.07) is 32.8. The van der Waals surface area contributed by atoms with E-state index < -0.39 is 90.1 Å². The Balaban J connectivity index is 0.000000699. The molecule has 4 atom stereocenters. The molecule has 0 spiro atoms. The second-order valence-corrected chi connectivity index (χ2v) is 30.0. The number of benzene rings is 4. The maximum Gasteiger partial charge on any atom is 1.00 e. The molecule has 96 heavy (non-hydrogen) atoms. The fourth-order valence-corrected chi connectivity index (χ4v) is 11.0. The van der Waals surface area contributed by atoms with Crippen LogP contribution in [0.2, 0.25) is 0 Å². The smallest absolute Gasteiger partial charge is 1.00 e. The first-order valence-electron chi connectivity index (χ1n) is 31.5. The van der Waals surface area contributed by atoms with E-state index in [2.05, 4.69) is 57.1 Å². The molecular formula is C72H105BrLiN5O16P+. The van der Waals surface area contributed by atoms with Crippen LogP contribution in [0.4, 0.5) is 30.6 Å². The van der Waals surface area contributed by atoms with Crippen LogP contribution in [-0.4, -0.2) is 142 Å². The number of carbonyl (C=O) groups is 7. The van der Waals surface area contributed by atoms with E-state index >= 15 is 0 Å². The average Bonchev–Trinajstić information content (AvgIpc) is 1.62. The summed E-state index contributed by atoms with van der Waals surface area (Å²) in [7, 11) is -0.856. The monoisotopic (exact) mass is 1410 g/mol. The van der Waals surface area contributed by atoms with Gasteiger partial charge < -0.3 is 59.2 Å². The Bertz CT molecular complexity index is 3160. The van der Waals surface area contributed by atoms with Gasteiger partial charge in [-0.2, -0.15) is 0 Å². The van der Waals surface area contributed by atoms with Crippen molar-refractivity contribution in [1.82, 2.24) is 14.7 Å². The van der Waals surface area contributed by atoms with Gasteiger partial charge in [-0.05, 0) is 177 Å². The average molecular weight is 1410 g/mol. The molecule has 0 aliphatic carbocycles. The number of nitrogens with zero attached hydrogens (tertiary/aromatic N) is 3. The molecule has 4 aromatic rings. The van der Waals surface area contributed by atoms with Crippen molar-refractivity contribution >= 4 is 61.2 Å². The predicted octanol–water partition coefficient (Wildman–Crippen LogP) is 9.69. The summed E-state index contributed by atoms with van der Waals surface area (Å²) < 4.78 is 55.1. The van der Waals surface area contributed by atoms with Crippen molar-refractivity contribution in [3.63, 3.8) is 0 Å². The molecular weight excluding hydrogens is 1310 g/mol. The van der Waals surface area contributed by atoms with Gasteiger partial charge in [0.05, 0.1) is 6.04 Å². The van der Waals surface area contributed by atoms with Crippen LogP contribution in [0.25, 0.3) is 0 Å². The summed E-state index contributed by atoms with van der Waals surface area (Å²) >= 11 is 0. The number of Topliss-reactive ketones (excluding diaryl/α,β-unsaturated/α-hetero) is 1. The van der Waals surface area contributed by atoms with Crippen LogP contribution in [0.3, 0.4) is 0 Å². The minimum atomic E-state index is -3.35. The second kappa shape index (κ2) is 38.2. The van der Waals surface area contributed by atoms with Gasteiger partial charge in [0, 0.05) is 64.4 Å². The van der Waals surface area contributed by atoms with Crippen LogP contribution >= 0.6 is 7.60 Å². The van der Waals surface area contributed by atoms with E-state index in [1.165, 1.54) is 25.2 Å². The largest absolute Gasteiger partial charge is 1.00 e. The number of hydrogen-bond donors (Lipinski definition) is 2. The van der Waals surface area contributed by atoms with Crippen molar-refractivity contribution < 1.29 is 111 Å². The van der Waals surface area contributed by atoms with Crippen molar-refractivity contribution in [3.8, 4) is 0 Å². The molecule has 2 saturated heterocycles. The van der Waals surface area contributed by atoms with Crippen LogP contribution in [0.5, 0.6) is 0 Å². The SMILES string of the molecule is CC(C)(C)OC(=O)Nc1ccc(CC(=O)/C=C/[C@@H]2[C@@H](c3ccccc3)OC(C)(C)N2C(=O)OC(C)(C)C)cc1.CCN(C(C)C)C(C)C.COP(=O)(CC(=O)Cc1ccc(NC(=O)OC(C)(C)C)cc1)OC.[Br-].[CH2+]C(C)(C)OC(=O)N1[C@H](C=O)[C@@H](c2ccccc2)OC1(C)C.[Li+]. The zero-order valence-electron chi connectivity index (χ0n) is 60.8. The van der Waals surface area contributed by atoms with E-state index in [1.54, 1.807) is 129 Å². The van der Waals surface area contributed by atoms with Crippen LogP contribution < -0.4 is 46.5 Å². The number of hydrogen-bond acceptors (Lipinski definition) is 17. The molecule has 2 heterocycles. The third kappa shape index (κ3) is 30.2. The van der Waals surface area contributed by atoms with Crippen LogP contribution in [0.15, 0.2) is 121 Å². The minimum Gasteiger partial charge on any atom is -1.00 e. The molecule has 0 radical (unpaired) electrons. The van der Waals surface area contributed by atoms with Gasteiger partial charge in [0.2, 0.25) is 5.60 Å². The molecule has 2 aliphatic rings. The maximum atomic E-state index is 13.3. The Hall–Kier alpha value is -6.31. The Morgan fingerprint density at radius 3 is 1.29 bits per heavy atom. The molecule has 0 aromatic heterocycles. The van der Waals surface area contributed by atoms with Crippen LogP contribution in [0.1, 0.15) is 173 Å². The molecule has 526 valence electrons. The summed E-state index contributed by atoms with van der Waals surface area (Å²) in [5, 5.41) is 5.28. The molecule has 2 fully saturated rings. The van der Waals surface area contributed by atoms with Gasteiger partial charge in [-0.3, -0.25) is 39.5 Å². The Labute approximate surface area is 593 Å². The molecule has 4 amide bonds. The van der Waals surface area contributed by atoms with Crippen molar-refractivity contribution in [2.45, 2.75) is 222 Å². The number of carbonyl (C=O) groups excluding carboxylic acids is 7. The summed E-state index contributed by atoms with van der Waals surface area (Å²) in [6.45, 7) is 42.7. The molecule has 0 saturated carbocycles. The first-order chi connectivity index (χ1) is 43.4. The number of rotatable bonds is 19. The Kier molecular flexibility index (Phi) is 34.9. The summed E-state index contributed by atoms with van der Waals surface area (Å²) in [6.07, 6.45) is 0.707. The number of halogens is 1. The number of ether oxygens (including phenoxy) is 6. The molecule has 0 unspecified atom stereocenters. The fourth-order valence-electron chi connectivity index (χ4n) is 10.0. The fraction of sp³-hybridized carbons (Fsp3) is 0.528. The van der Waals surface area contributed by atoms with E-state index in [-0.39, 0.29) is 66.4 Å². The summed E-state index contributed by atoms with van der Waals surface area (Å²) in [5.41, 5.74) is -0.277. The number of allylic oxidation sites excluding steroid dienone is 1. The van der Waals surface area contributed by atoms with Crippen molar-refractivity contribution in [2.24, 2.45) is 0 Å². The molecule has 2 N–H and O–H groups in total. The first kappa shape index (κ1) is 87.7. The maximum absolute atomic E-state index is 13.3. The van der Waals surface area contributed by atoms with Crippen molar-refractivity contribution in [1.29, 1.82) is 0 Å². The number of ketones is 2.